The number of fused-ring (bicyclic) bond motifs is 9. The van der Waals surface area contributed by atoms with Crippen molar-refractivity contribution in [3.63, 3.8) is 0 Å². The molecule has 5 unspecified atom stereocenters. The molecule has 0 radical (unpaired) electrons. The molecule has 0 N–H and O–H groups in total. The molecule has 0 spiro atoms. The lowest BCUT2D eigenvalue weighted by Crippen LogP contribution is -2.68. The zero-order valence-corrected chi connectivity index (χ0v) is 25.7. The van der Waals surface area contributed by atoms with Crippen molar-refractivity contribution in [2.75, 3.05) is 13.7 Å². The number of hydrogen-bond acceptors (Lipinski definition) is 4. The minimum Gasteiger partial charge on any atom is -0.469 e. The fraction of sp³-hybridized carbons (Fsp3) is 0.912. The third-order valence-electron chi connectivity index (χ3n) is 14.5. The van der Waals surface area contributed by atoms with Crippen LogP contribution in [0.3, 0.4) is 0 Å². The quantitative estimate of drug-likeness (QED) is 0.257. The molecule has 0 aromatic heterocycles. The second-order valence-electron chi connectivity index (χ2n) is 16.1. The van der Waals surface area contributed by atoms with Crippen molar-refractivity contribution in [3.8, 4) is 0 Å². The second-order valence-corrected chi connectivity index (χ2v) is 16.1. The molecular formula is C34H54O4. The Morgan fingerprint density at radius 1 is 0.895 bits per heavy atom. The van der Waals surface area contributed by atoms with Gasteiger partial charge in [-0.25, -0.2) is 0 Å². The predicted molar refractivity (Wildman–Crippen MR) is 150 cm³/mol. The molecule has 6 rings (SSSR count). The lowest BCUT2D eigenvalue weighted by atomic mass is 9.33. The van der Waals surface area contributed by atoms with E-state index >= 15 is 0 Å². The summed E-state index contributed by atoms with van der Waals surface area (Å²) in [5.41, 5.74) is 2.03. The number of allylic oxidation sites excluding steroid dienone is 2. The van der Waals surface area contributed by atoms with Gasteiger partial charge in [-0.15, -0.1) is 0 Å². The number of rotatable bonds is 1. The normalized spacial score (nSPS) is 55.2. The highest BCUT2D eigenvalue weighted by molar-refractivity contribution is 5.78. The molecule has 1 heterocycles. The lowest BCUT2D eigenvalue weighted by Gasteiger charge is -2.72. The van der Waals surface area contributed by atoms with Gasteiger partial charge in [0, 0.05) is 5.41 Å². The molecule has 4 heteroatoms. The Morgan fingerprint density at radius 3 is 2.34 bits per heavy atom. The monoisotopic (exact) mass is 526 g/mol. The Morgan fingerprint density at radius 2 is 1.63 bits per heavy atom. The average molecular weight is 527 g/mol. The Bertz CT molecular complexity index is 1030. The first-order valence-corrected chi connectivity index (χ1v) is 15.8. The van der Waals surface area contributed by atoms with Gasteiger partial charge in [-0.2, -0.15) is 0 Å². The van der Waals surface area contributed by atoms with Crippen molar-refractivity contribution in [2.45, 2.75) is 125 Å². The summed E-state index contributed by atoms with van der Waals surface area (Å²) >= 11 is 0. The smallest absolute Gasteiger partial charge is 0.312 e. The molecule has 11 atom stereocenters. The summed E-state index contributed by atoms with van der Waals surface area (Å²) in [4.78, 5) is 13.5. The average Bonchev–Trinajstić information content (AvgIpc) is 2.86. The minimum atomic E-state index is -0.473. The van der Waals surface area contributed by atoms with Crippen LogP contribution in [0.5, 0.6) is 0 Å². The highest BCUT2D eigenvalue weighted by Gasteiger charge is 2.70. The molecule has 38 heavy (non-hydrogen) atoms. The molecule has 4 saturated carbocycles. The fourth-order valence-electron chi connectivity index (χ4n) is 11.9. The molecule has 0 aromatic rings. The molecule has 6 aliphatic rings. The number of ether oxygens (including phenoxy) is 3. The van der Waals surface area contributed by atoms with E-state index in [0.717, 1.165) is 45.1 Å². The van der Waals surface area contributed by atoms with E-state index in [-0.39, 0.29) is 33.0 Å². The van der Waals surface area contributed by atoms with Crippen molar-refractivity contribution in [2.24, 2.45) is 56.7 Å². The molecule has 4 nitrogen and oxygen atoms in total. The van der Waals surface area contributed by atoms with Gasteiger partial charge in [0.05, 0.1) is 25.2 Å². The molecule has 1 aliphatic heterocycles. The Kier molecular flexibility index (Phi) is 5.99. The number of hydrogen-bond donors (Lipinski definition) is 0. The van der Waals surface area contributed by atoms with Crippen LogP contribution in [0, 0.1) is 56.7 Å². The fourth-order valence-corrected chi connectivity index (χ4v) is 11.9. The van der Waals surface area contributed by atoms with Crippen LogP contribution in [0.2, 0.25) is 0 Å². The van der Waals surface area contributed by atoms with E-state index in [1.807, 2.05) is 0 Å². The van der Waals surface area contributed by atoms with Gasteiger partial charge in [0.1, 0.15) is 0 Å². The lowest BCUT2D eigenvalue weighted by molar-refractivity contribution is -0.351. The highest BCUT2D eigenvalue weighted by Crippen LogP contribution is 2.76. The molecule has 0 bridgehead atoms. The van der Waals surface area contributed by atoms with Crippen LogP contribution in [0.4, 0.5) is 0 Å². The van der Waals surface area contributed by atoms with Gasteiger partial charge >= 0.3 is 5.97 Å². The van der Waals surface area contributed by atoms with Gasteiger partial charge in [0.15, 0.2) is 5.79 Å². The molecular weight excluding hydrogens is 472 g/mol. The maximum atomic E-state index is 13.5. The van der Waals surface area contributed by atoms with Gasteiger partial charge in [-0.1, -0.05) is 53.2 Å². The minimum absolute atomic E-state index is 0.0543. The van der Waals surface area contributed by atoms with Crippen molar-refractivity contribution < 1.29 is 19.0 Å². The number of methoxy groups -OCH3 is 1. The maximum absolute atomic E-state index is 13.5. The first kappa shape index (κ1) is 27.3. The van der Waals surface area contributed by atoms with Crippen LogP contribution in [-0.4, -0.2) is 31.6 Å². The summed E-state index contributed by atoms with van der Waals surface area (Å²) < 4.78 is 18.5. The molecule has 1 saturated heterocycles. The summed E-state index contributed by atoms with van der Waals surface area (Å²) in [6, 6.07) is 0. The molecule has 0 amide bonds. The van der Waals surface area contributed by atoms with Crippen LogP contribution >= 0.6 is 0 Å². The summed E-state index contributed by atoms with van der Waals surface area (Å²) in [6.07, 6.45) is 13.2. The van der Waals surface area contributed by atoms with Crippen molar-refractivity contribution >= 4 is 5.97 Å². The molecule has 5 aliphatic carbocycles. The summed E-state index contributed by atoms with van der Waals surface area (Å²) in [5, 5.41) is 0. The first-order valence-electron chi connectivity index (χ1n) is 15.8. The number of carbonyl (C=O) groups excluding carboxylic acids is 1. The zero-order valence-electron chi connectivity index (χ0n) is 25.7. The SMILES string of the molecule is COC(=O)[C@]12CC[C@@H](C)[C@H](C)C1C1=CCC3[C@@]4(C)CCC5OC(C)(C)OCC5(C)C4CC[C@@]3(C)[C@]1(C)CC2. The van der Waals surface area contributed by atoms with Crippen molar-refractivity contribution in [1.82, 2.24) is 0 Å². The summed E-state index contributed by atoms with van der Waals surface area (Å²) in [6.45, 7) is 20.2. The van der Waals surface area contributed by atoms with E-state index < -0.39 is 5.79 Å². The Hall–Kier alpha value is -0.870. The second kappa shape index (κ2) is 8.34. The van der Waals surface area contributed by atoms with E-state index in [1.165, 1.54) is 19.3 Å². The van der Waals surface area contributed by atoms with Crippen LogP contribution in [-0.2, 0) is 19.0 Å². The van der Waals surface area contributed by atoms with E-state index in [4.69, 9.17) is 14.2 Å². The summed E-state index contributed by atoms with van der Waals surface area (Å²) in [5.74, 6) is 2.32. The van der Waals surface area contributed by atoms with Crippen LogP contribution in [0.15, 0.2) is 11.6 Å². The van der Waals surface area contributed by atoms with E-state index in [2.05, 4.69) is 61.5 Å². The van der Waals surface area contributed by atoms with Crippen molar-refractivity contribution in [1.29, 1.82) is 0 Å². The molecule has 5 fully saturated rings. The Balaban J connectivity index is 1.40. The van der Waals surface area contributed by atoms with Crippen LogP contribution in [0.25, 0.3) is 0 Å². The van der Waals surface area contributed by atoms with Gasteiger partial charge in [-0.05, 0) is 117 Å². The highest BCUT2D eigenvalue weighted by atomic mass is 16.7. The standard InChI is InChI=1S/C34H54O4/c1-21-12-17-34(28(35)36-9)19-18-32(7)23(27(34)22(21)2)10-11-25-30(5)15-14-26-31(6,20-37-29(3,4)38-26)24(30)13-16-33(25,32)8/h10,21-22,24-27H,11-20H2,1-9H3/t21-,22+,24?,25?,26?,27?,30+,31?,32-,33-,34+/m1/s1. The van der Waals surface area contributed by atoms with Crippen LogP contribution < -0.4 is 0 Å². The third kappa shape index (κ3) is 3.25. The molecule has 214 valence electrons. The van der Waals surface area contributed by atoms with Crippen molar-refractivity contribution in [3.05, 3.63) is 11.6 Å². The number of carbonyl (C=O) groups is 1. The largest absolute Gasteiger partial charge is 0.469 e. The van der Waals surface area contributed by atoms with Gasteiger partial charge in [-0.3, -0.25) is 4.79 Å². The van der Waals surface area contributed by atoms with E-state index in [9.17, 15) is 4.79 Å². The van der Waals surface area contributed by atoms with Gasteiger partial charge in [0.2, 0.25) is 0 Å². The van der Waals surface area contributed by atoms with Gasteiger partial charge < -0.3 is 14.2 Å². The maximum Gasteiger partial charge on any atom is 0.312 e. The first-order chi connectivity index (χ1) is 17.7. The predicted octanol–water partition coefficient (Wildman–Crippen LogP) is 7.95. The zero-order chi connectivity index (χ0) is 27.5. The third-order valence-corrected chi connectivity index (χ3v) is 14.5. The van der Waals surface area contributed by atoms with E-state index in [1.54, 1.807) is 12.7 Å². The topological polar surface area (TPSA) is 44.8 Å². The Labute approximate surface area is 232 Å². The molecule has 0 aromatic carbocycles. The summed E-state index contributed by atoms with van der Waals surface area (Å²) in [7, 11) is 1.61. The van der Waals surface area contributed by atoms with Crippen LogP contribution in [0.1, 0.15) is 113 Å². The number of esters is 1. The van der Waals surface area contributed by atoms with E-state index in [0.29, 0.717) is 35.7 Å². The van der Waals surface area contributed by atoms with Gasteiger partial charge in [0.25, 0.3) is 0 Å².